The van der Waals surface area contributed by atoms with Crippen LogP contribution in [0.25, 0.3) is 5.69 Å². The molecule has 0 aliphatic carbocycles. The molecule has 2 heterocycles. The Morgan fingerprint density at radius 2 is 1.96 bits per heavy atom. The van der Waals surface area contributed by atoms with Crippen LogP contribution in [0, 0.1) is 6.92 Å². The van der Waals surface area contributed by atoms with Crippen LogP contribution < -0.4 is 0 Å². The van der Waals surface area contributed by atoms with Gasteiger partial charge in [-0.05, 0) is 45.4 Å². The molecule has 27 heavy (non-hydrogen) atoms. The molecule has 3 rings (SSSR count). The monoisotopic (exact) mass is 375 g/mol. The number of nitrogens with zero attached hydrogens (tertiary/aromatic N) is 3. The Labute approximate surface area is 156 Å². The van der Waals surface area contributed by atoms with Crippen LogP contribution in [0.1, 0.15) is 38.1 Å². The van der Waals surface area contributed by atoms with Gasteiger partial charge in [-0.2, -0.15) is 0 Å². The molecule has 1 aliphatic heterocycles. The van der Waals surface area contributed by atoms with Gasteiger partial charge in [-0.15, -0.1) is 0 Å². The van der Waals surface area contributed by atoms with Crippen molar-refractivity contribution < 1.29 is 23.5 Å². The van der Waals surface area contributed by atoms with E-state index in [4.69, 9.17) is 9.47 Å². The van der Waals surface area contributed by atoms with Gasteiger partial charge in [0.15, 0.2) is 6.10 Å². The van der Waals surface area contributed by atoms with Crippen LogP contribution in [0.3, 0.4) is 0 Å². The molecule has 2 amide bonds. The van der Waals surface area contributed by atoms with Crippen LogP contribution in [-0.2, 0) is 9.47 Å². The van der Waals surface area contributed by atoms with Crippen molar-refractivity contribution in [3.8, 4) is 5.69 Å². The van der Waals surface area contributed by atoms with Gasteiger partial charge in [-0.25, -0.2) is 23.9 Å². The number of carbonyl (C=O) groups is 2. The number of aryl methyl sites for hydroxylation is 1. The number of rotatable bonds is 3. The van der Waals surface area contributed by atoms with E-state index in [1.54, 1.807) is 39.2 Å². The second-order valence-corrected chi connectivity index (χ2v) is 7.39. The minimum atomic E-state index is -1.08. The van der Waals surface area contributed by atoms with Crippen molar-refractivity contribution >= 4 is 12.2 Å². The van der Waals surface area contributed by atoms with Crippen LogP contribution >= 0.6 is 0 Å². The van der Waals surface area contributed by atoms with Gasteiger partial charge in [0.1, 0.15) is 18.3 Å². The van der Waals surface area contributed by atoms with Gasteiger partial charge in [0, 0.05) is 11.9 Å². The summed E-state index contributed by atoms with van der Waals surface area (Å²) in [5.41, 5.74) is 1.54. The van der Waals surface area contributed by atoms with Crippen molar-refractivity contribution in [3.63, 3.8) is 0 Å². The van der Waals surface area contributed by atoms with Crippen LogP contribution in [0.4, 0.5) is 14.0 Å². The number of hydrogen-bond acceptors (Lipinski definition) is 5. The van der Waals surface area contributed by atoms with E-state index in [1.165, 1.54) is 0 Å². The third-order valence-electron chi connectivity index (χ3n) is 4.09. The number of aromatic nitrogens is 2. The predicted octanol–water partition coefficient (Wildman–Crippen LogP) is 3.95. The van der Waals surface area contributed by atoms with E-state index in [1.807, 2.05) is 29.8 Å². The normalized spacial score (nSPS) is 19.9. The van der Waals surface area contributed by atoms with E-state index < -0.39 is 36.6 Å². The van der Waals surface area contributed by atoms with E-state index in [2.05, 4.69) is 4.98 Å². The Hall–Kier alpha value is -2.90. The molecule has 1 aromatic carbocycles. The van der Waals surface area contributed by atoms with Gasteiger partial charge in [0.2, 0.25) is 0 Å². The molecule has 0 N–H and O–H groups in total. The van der Waals surface area contributed by atoms with Crippen LogP contribution in [-0.4, -0.2) is 45.0 Å². The lowest BCUT2D eigenvalue weighted by molar-refractivity contribution is 0.0269. The van der Waals surface area contributed by atoms with Crippen molar-refractivity contribution in [1.82, 2.24) is 14.5 Å². The molecule has 1 aromatic heterocycles. The number of imide groups is 1. The van der Waals surface area contributed by atoms with E-state index in [-0.39, 0.29) is 0 Å². The standard InChI is InChI=1S/C19H22FN3O4/c1-12-10-22(11-21-12)14-7-5-13(6-8-14)16-15(9-20)23(17(24)26-16)18(25)27-19(2,3)4/h5-8,10-11,15-16H,9H2,1-4H3. The Kier molecular flexibility index (Phi) is 4.91. The Bertz CT molecular complexity index is 841. The van der Waals surface area contributed by atoms with Crippen LogP contribution in [0.2, 0.25) is 0 Å². The summed E-state index contributed by atoms with van der Waals surface area (Å²) in [7, 11) is 0. The smallest absolute Gasteiger partial charge is 0.420 e. The quantitative estimate of drug-likeness (QED) is 0.812. The van der Waals surface area contributed by atoms with Gasteiger partial charge >= 0.3 is 12.2 Å². The van der Waals surface area contributed by atoms with Gasteiger partial charge in [0.25, 0.3) is 0 Å². The molecular formula is C19H22FN3O4. The summed E-state index contributed by atoms with van der Waals surface area (Å²) >= 11 is 0. The van der Waals surface area contributed by atoms with Crippen LogP contribution in [0.15, 0.2) is 36.8 Å². The maximum absolute atomic E-state index is 13.7. The lowest BCUT2D eigenvalue weighted by Crippen LogP contribution is -2.43. The summed E-state index contributed by atoms with van der Waals surface area (Å²) in [4.78, 5) is 29.3. The number of benzene rings is 1. The summed E-state index contributed by atoms with van der Waals surface area (Å²) in [6.07, 6.45) is 0.844. The molecule has 0 spiro atoms. The molecule has 2 atom stereocenters. The van der Waals surface area contributed by atoms with Gasteiger partial charge < -0.3 is 14.0 Å². The highest BCUT2D eigenvalue weighted by molar-refractivity contribution is 5.90. The minimum Gasteiger partial charge on any atom is -0.443 e. The summed E-state index contributed by atoms with van der Waals surface area (Å²) in [6, 6.07) is 6.03. The zero-order chi connectivity index (χ0) is 19.8. The third-order valence-corrected chi connectivity index (χ3v) is 4.09. The maximum Gasteiger partial charge on any atom is 0.420 e. The van der Waals surface area contributed by atoms with Crippen LogP contribution in [0.5, 0.6) is 0 Å². The number of ether oxygens (including phenoxy) is 2. The number of alkyl halides is 1. The summed E-state index contributed by atoms with van der Waals surface area (Å²) < 4.78 is 26.0. The molecule has 144 valence electrons. The zero-order valence-electron chi connectivity index (χ0n) is 15.7. The van der Waals surface area contributed by atoms with Gasteiger partial charge in [-0.1, -0.05) is 12.1 Å². The fourth-order valence-corrected chi connectivity index (χ4v) is 2.87. The topological polar surface area (TPSA) is 73.7 Å². The number of cyclic esters (lactones) is 1. The number of carbonyl (C=O) groups excluding carboxylic acids is 2. The summed E-state index contributed by atoms with van der Waals surface area (Å²) in [5, 5.41) is 0. The molecular weight excluding hydrogens is 353 g/mol. The SMILES string of the molecule is Cc1cn(-c2ccc(C3OC(=O)N(C(=O)OC(C)(C)C)C3CF)cc2)cn1. The molecule has 0 saturated carbocycles. The second-order valence-electron chi connectivity index (χ2n) is 7.39. The van der Waals surface area contributed by atoms with Gasteiger partial charge in [0.05, 0.1) is 12.0 Å². The zero-order valence-corrected chi connectivity index (χ0v) is 15.7. The number of amides is 2. The average Bonchev–Trinajstić information content (AvgIpc) is 3.16. The fourth-order valence-electron chi connectivity index (χ4n) is 2.87. The molecule has 1 aliphatic rings. The maximum atomic E-state index is 13.7. The van der Waals surface area contributed by atoms with Crippen molar-refractivity contribution in [2.45, 2.75) is 45.4 Å². The lowest BCUT2D eigenvalue weighted by atomic mass is 10.0. The highest BCUT2D eigenvalue weighted by Gasteiger charge is 2.47. The molecule has 1 saturated heterocycles. The average molecular weight is 375 g/mol. The van der Waals surface area contributed by atoms with E-state index in [0.29, 0.717) is 10.5 Å². The van der Waals surface area contributed by atoms with Crippen molar-refractivity contribution in [3.05, 3.63) is 48.0 Å². The molecule has 8 heteroatoms. The number of halogens is 1. The molecule has 2 aromatic rings. The highest BCUT2D eigenvalue weighted by atomic mass is 19.1. The Morgan fingerprint density at radius 1 is 1.30 bits per heavy atom. The molecule has 2 unspecified atom stereocenters. The fraction of sp³-hybridized carbons (Fsp3) is 0.421. The predicted molar refractivity (Wildman–Crippen MR) is 95.4 cm³/mol. The summed E-state index contributed by atoms with van der Waals surface area (Å²) in [6.45, 7) is 5.97. The van der Waals surface area contributed by atoms with Crippen molar-refractivity contribution in [1.29, 1.82) is 0 Å². The lowest BCUT2D eigenvalue weighted by Gasteiger charge is -2.25. The molecule has 0 radical (unpaired) electrons. The molecule has 7 nitrogen and oxygen atoms in total. The third kappa shape index (κ3) is 3.94. The number of hydrogen-bond donors (Lipinski definition) is 0. The first kappa shape index (κ1) is 18.9. The Balaban J connectivity index is 1.82. The molecule has 0 bridgehead atoms. The van der Waals surface area contributed by atoms with Crippen molar-refractivity contribution in [2.24, 2.45) is 0 Å². The van der Waals surface area contributed by atoms with E-state index in [9.17, 15) is 14.0 Å². The van der Waals surface area contributed by atoms with Gasteiger partial charge in [-0.3, -0.25) is 0 Å². The minimum absolute atomic E-state index is 0.595. The second kappa shape index (κ2) is 7.02. The largest absolute Gasteiger partial charge is 0.443 e. The first-order valence-electron chi connectivity index (χ1n) is 8.59. The highest BCUT2D eigenvalue weighted by Crippen LogP contribution is 2.34. The summed E-state index contributed by atoms with van der Waals surface area (Å²) in [5.74, 6) is 0. The van der Waals surface area contributed by atoms with Crippen molar-refractivity contribution in [2.75, 3.05) is 6.67 Å². The first-order chi connectivity index (χ1) is 12.7. The first-order valence-corrected chi connectivity index (χ1v) is 8.59. The van der Waals surface area contributed by atoms with E-state index >= 15 is 0 Å². The molecule has 1 fully saturated rings. The van der Waals surface area contributed by atoms with E-state index in [0.717, 1.165) is 11.4 Å². The number of imidazole rings is 1. The Morgan fingerprint density at radius 3 is 2.48 bits per heavy atom.